The van der Waals surface area contributed by atoms with Gasteiger partial charge in [0.05, 0.1) is 5.69 Å². The number of carbonyl (C=O) groups excluding carboxylic acids is 1. The molecule has 2 aliphatic heterocycles. The standard InChI is InChI=1S/C19H33N5O/c1-22(13-14-23-10-4-2-3-5-11-23)19(25)16-24-12-8-18(21-24)17-7-6-9-20-15-17/h8,12,17,20H,2-7,9-11,13-16H2,1H3/t17-/m1/s1. The summed E-state index contributed by atoms with van der Waals surface area (Å²) >= 11 is 0. The molecule has 0 saturated carbocycles. The Morgan fingerprint density at radius 1 is 1.28 bits per heavy atom. The van der Waals surface area contributed by atoms with E-state index >= 15 is 0 Å². The smallest absolute Gasteiger partial charge is 0.244 e. The predicted molar refractivity (Wildman–Crippen MR) is 99.6 cm³/mol. The molecule has 3 rings (SSSR count). The Balaban J connectivity index is 1.43. The van der Waals surface area contributed by atoms with Crippen molar-refractivity contribution in [3.63, 3.8) is 0 Å². The molecule has 1 N–H and O–H groups in total. The largest absolute Gasteiger partial charge is 0.343 e. The van der Waals surface area contributed by atoms with Crippen molar-refractivity contribution in [2.75, 3.05) is 46.3 Å². The summed E-state index contributed by atoms with van der Waals surface area (Å²) in [6.07, 6.45) is 9.63. The predicted octanol–water partition coefficient (Wildman–Crippen LogP) is 1.68. The van der Waals surface area contributed by atoms with E-state index < -0.39 is 0 Å². The second kappa shape index (κ2) is 9.34. The molecule has 3 heterocycles. The summed E-state index contributed by atoms with van der Waals surface area (Å²) in [5.74, 6) is 0.636. The Morgan fingerprint density at radius 3 is 2.80 bits per heavy atom. The third-order valence-electron chi connectivity index (χ3n) is 5.55. The van der Waals surface area contributed by atoms with E-state index in [1.807, 2.05) is 18.1 Å². The summed E-state index contributed by atoms with van der Waals surface area (Å²) in [7, 11) is 1.91. The van der Waals surface area contributed by atoms with Gasteiger partial charge in [-0.05, 0) is 51.4 Å². The Bertz CT molecular complexity index is 530. The lowest BCUT2D eigenvalue weighted by Crippen LogP contribution is -2.38. The zero-order valence-electron chi connectivity index (χ0n) is 15.6. The van der Waals surface area contributed by atoms with Crippen LogP contribution in [0.5, 0.6) is 0 Å². The second-order valence-corrected chi connectivity index (χ2v) is 7.55. The summed E-state index contributed by atoms with van der Waals surface area (Å²) in [6.45, 7) is 6.61. The number of likely N-dealkylation sites (N-methyl/N-ethyl adjacent to an activating group) is 1. The first kappa shape index (κ1) is 18.4. The van der Waals surface area contributed by atoms with Gasteiger partial charge in [-0.25, -0.2) is 0 Å². The van der Waals surface area contributed by atoms with Crippen molar-refractivity contribution in [1.82, 2.24) is 24.9 Å². The molecule has 6 nitrogen and oxygen atoms in total. The summed E-state index contributed by atoms with van der Waals surface area (Å²) in [5.41, 5.74) is 1.12. The lowest BCUT2D eigenvalue weighted by atomic mass is 9.97. The van der Waals surface area contributed by atoms with Crippen molar-refractivity contribution < 1.29 is 4.79 Å². The van der Waals surface area contributed by atoms with Crippen molar-refractivity contribution in [3.05, 3.63) is 18.0 Å². The highest BCUT2D eigenvalue weighted by atomic mass is 16.2. The molecule has 1 amide bonds. The molecule has 2 fully saturated rings. The van der Waals surface area contributed by atoms with Gasteiger partial charge in [0.25, 0.3) is 0 Å². The Morgan fingerprint density at radius 2 is 2.08 bits per heavy atom. The Kier molecular flexibility index (Phi) is 6.87. The number of hydrogen-bond acceptors (Lipinski definition) is 4. The quantitative estimate of drug-likeness (QED) is 0.851. The van der Waals surface area contributed by atoms with Gasteiger partial charge in [0.1, 0.15) is 6.54 Å². The fourth-order valence-electron chi connectivity index (χ4n) is 3.82. The zero-order chi connectivity index (χ0) is 17.5. The van der Waals surface area contributed by atoms with Crippen LogP contribution in [-0.2, 0) is 11.3 Å². The molecular weight excluding hydrogens is 314 g/mol. The maximum atomic E-state index is 12.5. The second-order valence-electron chi connectivity index (χ2n) is 7.55. The van der Waals surface area contributed by atoms with E-state index in [1.165, 1.54) is 51.6 Å². The van der Waals surface area contributed by atoms with Gasteiger partial charge in [0.15, 0.2) is 0 Å². The van der Waals surface area contributed by atoms with Gasteiger partial charge in [0.2, 0.25) is 5.91 Å². The molecule has 0 spiro atoms. The summed E-state index contributed by atoms with van der Waals surface area (Å²) in [4.78, 5) is 16.8. The highest BCUT2D eigenvalue weighted by Crippen LogP contribution is 2.21. The van der Waals surface area contributed by atoms with Gasteiger partial charge in [0, 0.05) is 38.8 Å². The summed E-state index contributed by atoms with van der Waals surface area (Å²) < 4.78 is 1.80. The number of hydrogen-bond donors (Lipinski definition) is 1. The van der Waals surface area contributed by atoms with Crippen LogP contribution in [0.15, 0.2) is 12.3 Å². The van der Waals surface area contributed by atoms with Gasteiger partial charge in [-0.3, -0.25) is 9.48 Å². The molecule has 140 valence electrons. The van der Waals surface area contributed by atoms with Gasteiger partial charge >= 0.3 is 0 Å². The van der Waals surface area contributed by atoms with Crippen LogP contribution in [0.4, 0.5) is 0 Å². The fraction of sp³-hybridized carbons (Fsp3) is 0.789. The van der Waals surface area contributed by atoms with E-state index in [-0.39, 0.29) is 5.91 Å². The lowest BCUT2D eigenvalue weighted by molar-refractivity contribution is -0.130. The highest BCUT2D eigenvalue weighted by molar-refractivity contribution is 5.75. The van der Waals surface area contributed by atoms with Gasteiger partial charge in [-0.1, -0.05) is 12.8 Å². The van der Waals surface area contributed by atoms with E-state index in [0.29, 0.717) is 12.5 Å². The van der Waals surface area contributed by atoms with E-state index in [9.17, 15) is 4.79 Å². The minimum absolute atomic E-state index is 0.145. The topological polar surface area (TPSA) is 53.4 Å². The molecular formula is C19H33N5O. The van der Waals surface area contributed by atoms with Crippen LogP contribution in [0.25, 0.3) is 0 Å². The van der Waals surface area contributed by atoms with Crippen LogP contribution < -0.4 is 5.32 Å². The molecule has 25 heavy (non-hydrogen) atoms. The number of aromatic nitrogens is 2. The third-order valence-corrected chi connectivity index (χ3v) is 5.55. The van der Waals surface area contributed by atoms with E-state index in [4.69, 9.17) is 0 Å². The molecule has 1 aromatic rings. The number of nitrogens with zero attached hydrogens (tertiary/aromatic N) is 4. The van der Waals surface area contributed by atoms with Crippen LogP contribution in [0.2, 0.25) is 0 Å². The first-order valence-electron chi connectivity index (χ1n) is 9.93. The molecule has 1 aromatic heterocycles. The van der Waals surface area contributed by atoms with E-state index in [0.717, 1.165) is 31.9 Å². The van der Waals surface area contributed by atoms with Crippen molar-refractivity contribution >= 4 is 5.91 Å². The first-order valence-corrected chi connectivity index (χ1v) is 9.93. The fourth-order valence-corrected chi connectivity index (χ4v) is 3.82. The maximum absolute atomic E-state index is 12.5. The maximum Gasteiger partial charge on any atom is 0.244 e. The number of rotatable bonds is 6. The minimum atomic E-state index is 0.145. The number of amides is 1. The molecule has 6 heteroatoms. The average molecular weight is 348 g/mol. The number of nitrogens with one attached hydrogen (secondary N) is 1. The molecule has 0 bridgehead atoms. The van der Waals surface area contributed by atoms with Crippen molar-refractivity contribution in [3.8, 4) is 0 Å². The van der Waals surface area contributed by atoms with Crippen molar-refractivity contribution in [2.24, 2.45) is 0 Å². The van der Waals surface area contributed by atoms with Crippen molar-refractivity contribution in [1.29, 1.82) is 0 Å². The molecule has 0 aliphatic carbocycles. The summed E-state index contributed by atoms with van der Waals surface area (Å²) in [6, 6.07) is 2.07. The number of likely N-dealkylation sites (tertiary alicyclic amines) is 1. The van der Waals surface area contributed by atoms with Crippen LogP contribution in [0, 0.1) is 0 Å². The summed E-state index contributed by atoms with van der Waals surface area (Å²) in [5, 5.41) is 8.06. The highest BCUT2D eigenvalue weighted by Gasteiger charge is 2.18. The van der Waals surface area contributed by atoms with Crippen LogP contribution in [0.1, 0.15) is 50.1 Å². The van der Waals surface area contributed by atoms with Gasteiger partial charge in [-0.15, -0.1) is 0 Å². The molecule has 2 saturated heterocycles. The monoisotopic (exact) mass is 347 g/mol. The molecule has 1 atom stereocenters. The van der Waals surface area contributed by atoms with Crippen LogP contribution in [-0.4, -0.2) is 71.8 Å². The average Bonchev–Trinajstić information content (AvgIpc) is 2.94. The van der Waals surface area contributed by atoms with Crippen LogP contribution >= 0.6 is 0 Å². The lowest BCUT2D eigenvalue weighted by Gasteiger charge is -2.24. The van der Waals surface area contributed by atoms with Crippen molar-refractivity contribution in [2.45, 2.75) is 51.0 Å². The first-order chi connectivity index (χ1) is 12.2. The zero-order valence-corrected chi connectivity index (χ0v) is 15.6. The SMILES string of the molecule is CN(CCN1CCCCCC1)C(=O)Cn1ccc([C@@H]2CCCNC2)n1. The number of piperidine rings is 1. The minimum Gasteiger partial charge on any atom is -0.343 e. The Hall–Kier alpha value is -1.40. The third kappa shape index (κ3) is 5.54. The molecule has 0 unspecified atom stereocenters. The normalized spacial score (nSPS) is 22.5. The van der Waals surface area contributed by atoms with E-state index in [2.05, 4.69) is 21.4 Å². The van der Waals surface area contributed by atoms with Crippen LogP contribution in [0.3, 0.4) is 0 Å². The molecule has 0 aromatic carbocycles. The number of carbonyl (C=O) groups is 1. The van der Waals surface area contributed by atoms with E-state index in [1.54, 1.807) is 4.68 Å². The van der Waals surface area contributed by atoms with Gasteiger partial charge in [-0.2, -0.15) is 5.10 Å². The van der Waals surface area contributed by atoms with Gasteiger partial charge < -0.3 is 15.1 Å². The Labute approximate surface area is 151 Å². The molecule has 0 radical (unpaired) electrons. The molecule has 2 aliphatic rings.